The van der Waals surface area contributed by atoms with Gasteiger partial charge in [0.1, 0.15) is 0 Å². The highest BCUT2D eigenvalue weighted by molar-refractivity contribution is 5.77. The van der Waals surface area contributed by atoms with Crippen LogP contribution in [0.3, 0.4) is 0 Å². The number of hydrogen-bond acceptors (Lipinski definition) is 2. The second-order valence-corrected chi connectivity index (χ2v) is 4.27. The number of hydrogen-bond donors (Lipinski definition) is 2. The van der Waals surface area contributed by atoms with Crippen LogP contribution in [-0.2, 0) is 6.42 Å². The lowest BCUT2D eigenvalue weighted by atomic mass is 9.95. The van der Waals surface area contributed by atoms with Crippen LogP contribution in [-0.4, -0.2) is 10.2 Å². The molecule has 15 heavy (non-hydrogen) atoms. The summed E-state index contributed by atoms with van der Waals surface area (Å²) in [4.78, 5) is 0. The molecule has 1 aliphatic rings. The molecule has 1 aliphatic carbocycles. The highest BCUT2D eigenvalue weighted by Gasteiger charge is 2.20. The zero-order chi connectivity index (χ0) is 11.2. The van der Waals surface area contributed by atoms with Gasteiger partial charge in [-0.05, 0) is 49.5 Å². The molecule has 1 aromatic rings. The molecule has 80 valence electrons. The first kappa shape index (κ1) is 10.4. The van der Waals surface area contributed by atoms with Crippen LogP contribution < -0.4 is 0 Å². The monoisotopic (exact) mass is 204 g/mol. The Balaban J connectivity index is 2.64. The first-order chi connectivity index (χ1) is 7.02. The molecule has 0 fully saturated rings. The summed E-state index contributed by atoms with van der Waals surface area (Å²) in [5, 5.41) is 18.5. The van der Waals surface area contributed by atoms with Gasteiger partial charge < -0.3 is 10.2 Å². The zero-order valence-electron chi connectivity index (χ0n) is 9.33. The molecule has 2 N–H and O–H groups in total. The number of aliphatic hydroxyl groups excluding tert-OH is 1. The maximum absolute atomic E-state index is 9.23. The molecule has 0 spiro atoms. The molecule has 0 saturated heterocycles. The second-order valence-electron chi connectivity index (χ2n) is 4.27. The number of aliphatic hydroxyl groups is 2. The van der Waals surface area contributed by atoms with Gasteiger partial charge in [0.15, 0.2) is 6.29 Å². The zero-order valence-corrected chi connectivity index (χ0v) is 9.33. The van der Waals surface area contributed by atoms with E-state index in [1.165, 1.54) is 22.3 Å². The van der Waals surface area contributed by atoms with E-state index in [4.69, 9.17) is 0 Å². The lowest BCUT2D eigenvalue weighted by molar-refractivity contribution is -0.0429. The average Bonchev–Trinajstić information content (AvgIpc) is 2.43. The third kappa shape index (κ3) is 1.50. The van der Waals surface area contributed by atoms with Gasteiger partial charge in [-0.25, -0.2) is 0 Å². The van der Waals surface area contributed by atoms with Crippen molar-refractivity contribution >= 4 is 5.57 Å². The summed E-state index contributed by atoms with van der Waals surface area (Å²) in [6.45, 7) is 6.18. The van der Waals surface area contributed by atoms with Gasteiger partial charge >= 0.3 is 0 Å². The SMILES string of the molecule is CC1=C(C)c2c(ccc(C(O)O)c2C)C1. The number of fused-ring (bicyclic) bond motifs is 1. The van der Waals surface area contributed by atoms with Gasteiger partial charge in [-0.2, -0.15) is 0 Å². The van der Waals surface area contributed by atoms with Crippen LogP contribution in [0.4, 0.5) is 0 Å². The third-order valence-corrected chi connectivity index (χ3v) is 3.34. The van der Waals surface area contributed by atoms with Crippen LogP contribution >= 0.6 is 0 Å². The molecular formula is C13H16O2. The van der Waals surface area contributed by atoms with Gasteiger partial charge in [0.25, 0.3) is 0 Å². The van der Waals surface area contributed by atoms with Crippen molar-refractivity contribution in [1.82, 2.24) is 0 Å². The fraction of sp³-hybridized carbons (Fsp3) is 0.385. The van der Waals surface area contributed by atoms with E-state index in [1.54, 1.807) is 0 Å². The molecule has 0 heterocycles. The number of benzene rings is 1. The van der Waals surface area contributed by atoms with Gasteiger partial charge in [0.2, 0.25) is 0 Å². The molecule has 0 saturated carbocycles. The van der Waals surface area contributed by atoms with E-state index in [-0.39, 0.29) is 0 Å². The van der Waals surface area contributed by atoms with E-state index in [0.29, 0.717) is 5.56 Å². The molecule has 0 radical (unpaired) electrons. The second kappa shape index (κ2) is 3.47. The molecule has 2 rings (SSSR count). The van der Waals surface area contributed by atoms with Crippen molar-refractivity contribution in [3.8, 4) is 0 Å². The molecule has 0 atom stereocenters. The highest BCUT2D eigenvalue weighted by atomic mass is 16.5. The Hall–Kier alpha value is -1.12. The van der Waals surface area contributed by atoms with Crippen molar-refractivity contribution in [2.75, 3.05) is 0 Å². The first-order valence-corrected chi connectivity index (χ1v) is 5.17. The molecule has 0 amide bonds. The van der Waals surface area contributed by atoms with Crippen molar-refractivity contribution < 1.29 is 10.2 Å². The predicted molar refractivity (Wildman–Crippen MR) is 60.3 cm³/mol. The minimum absolute atomic E-state index is 0.614. The van der Waals surface area contributed by atoms with Crippen LogP contribution in [0.2, 0.25) is 0 Å². The van der Waals surface area contributed by atoms with E-state index >= 15 is 0 Å². The van der Waals surface area contributed by atoms with E-state index < -0.39 is 6.29 Å². The van der Waals surface area contributed by atoms with E-state index in [0.717, 1.165) is 12.0 Å². The minimum Gasteiger partial charge on any atom is -0.364 e. The normalized spacial score (nSPS) is 15.1. The summed E-state index contributed by atoms with van der Waals surface area (Å²) in [6.07, 6.45) is -0.381. The molecular weight excluding hydrogens is 188 g/mol. The first-order valence-electron chi connectivity index (χ1n) is 5.17. The van der Waals surface area contributed by atoms with E-state index in [9.17, 15) is 10.2 Å². The van der Waals surface area contributed by atoms with Gasteiger partial charge in [-0.15, -0.1) is 0 Å². The maximum atomic E-state index is 9.23. The molecule has 0 aliphatic heterocycles. The molecule has 0 aromatic heterocycles. The van der Waals surface area contributed by atoms with Crippen molar-refractivity contribution in [1.29, 1.82) is 0 Å². The summed E-state index contributed by atoms with van der Waals surface area (Å²) in [5.41, 5.74) is 6.77. The summed E-state index contributed by atoms with van der Waals surface area (Å²) in [6, 6.07) is 3.81. The van der Waals surface area contributed by atoms with Gasteiger partial charge in [-0.1, -0.05) is 17.7 Å². The van der Waals surface area contributed by atoms with Crippen LogP contribution in [0.5, 0.6) is 0 Å². The van der Waals surface area contributed by atoms with Gasteiger partial charge in [-0.3, -0.25) is 0 Å². The number of rotatable bonds is 1. The Morgan fingerprint density at radius 2 is 1.80 bits per heavy atom. The highest BCUT2D eigenvalue weighted by Crippen LogP contribution is 2.36. The summed E-state index contributed by atoms with van der Waals surface area (Å²) in [5.74, 6) is 0. The van der Waals surface area contributed by atoms with E-state index in [1.807, 2.05) is 19.1 Å². The van der Waals surface area contributed by atoms with Crippen molar-refractivity contribution in [2.45, 2.75) is 33.5 Å². The van der Waals surface area contributed by atoms with Crippen LogP contribution in [0.1, 0.15) is 42.4 Å². The molecule has 2 nitrogen and oxygen atoms in total. The lowest BCUT2D eigenvalue weighted by Gasteiger charge is -2.13. The van der Waals surface area contributed by atoms with Crippen molar-refractivity contribution in [3.05, 3.63) is 40.0 Å². The Kier molecular flexibility index (Phi) is 2.41. The topological polar surface area (TPSA) is 40.5 Å². The fourth-order valence-electron chi connectivity index (χ4n) is 2.36. The Morgan fingerprint density at radius 1 is 1.13 bits per heavy atom. The lowest BCUT2D eigenvalue weighted by Crippen LogP contribution is -2.01. The van der Waals surface area contributed by atoms with Crippen molar-refractivity contribution in [2.24, 2.45) is 0 Å². The smallest absolute Gasteiger partial charge is 0.178 e. The van der Waals surface area contributed by atoms with Gasteiger partial charge in [0, 0.05) is 5.56 Å². The largest absolute Gasteiger partial charge is 0.364 e. The average molecular weight is 204 g/mol. The Morgan fingerprint density at radius 3 is 2.40 bits per heavy atom. The fourth-order valence-corrected chi connectivity index (χ4v) is 2.36. The Labute approximate surface area is 89.9 Å². The number of allylic oxidation sites excluding steroid dienone is 2. The summed E-state index contributed by atoms with van der Waals surface area (Å²) >= 11 is 0. The van der Waals surface area contributed by atoms with Crippen LogP contribution in [0.25, 0.3) is 5.57 Å². The molecule has 1 aromatic carbocycles. The Bertz CT molecular complexity index is 442. The third-order valence-electron chi connectivity index (χ3n) is 3.34. The van der Waals surface area contributed by atoms with Crippen LogP contribution in [0, 0.1) is 6.92 Å². The standard InChI is InChI=1S/C13H16O2/c1-7-6-10-4-5-11(13(14)15)9(3)12(10)8(7)2/h4-5,13-15H,6H2,1-3H3. The van der Waals surface area contributed by atoms with Gasteiger partial charge in [0.05, 0.1) is 0 Å². The minimum atomic E-state index is -1.37. The molecule has 0 bridgehead atoms. The van der Waals surface area contributed by atoms with Crippen LogP contribution in [0.15, 0.2) is 17.7 Å². The van der Waals surface area contributed by atoms with E-state index in [2.05, 4.69) is 13.8 Å². The summed E-state index contributed by atoms with van der Waals surface area (Å²) in [7, 11) is 0. The molecule has 2 heteroatoms. The predicted octanol–water partition coefficient (Wildman–Crippen LogP) is 2.33. The summed E-state index contributed by atoms with van der Waals surface area (Å²) < 4.78 is 0. The maximum Gasteiger partial charge on any atom is 0.178 e. The molecule has 0 unspecified atom stereocenters. The van der Waals surface area contributed by atoms with Crippen molar-refractivity contribution in [3.63, 3.8) is 0 Å². The quantitative estimate of drug-likeness (QED) is 0.689.